The van der Waals surface area contributed by atoms with Gasteiger partial charge in [-0.15, -0.1) is 0 Å². The highest BCUT2D eigenvalue weighted by Crippen LogP contribution is 2.26. The molecule has 1 heterocycles. The first-order valence-electron chi connectivity index (χ1n) is 3.16. The molecular formula is C7H3Cl2F2NO. The fraction of sp³-hybridized carbons (Fsp3) is 0.143. The number of alkyl halides is 2. The number of hydrogen-bond acceptors (Lipinski definition) is 2. The fourth-order valence-electron chi connectivity index (χ4n) is 0.726. The Hall–Kier alpha value is -0.740. The van der Waals surface area contributed by atoms with E-state index in [-0.39, 0.29) is 10.7 Å². The number of carbonyl (C=O) groups excluding carboxylic acids is 1. The molecule has 0 spiro atoms. The van der Waals surface area contributed by atoms with Crippen LogP contribution in [0.3, 0.4) is 0 Å². The van der Waals surface area contributed by atoms with Gasteiger partial charge >= 0.3 is 0 Å². The van der Waals surface area contributed by atoms with Crippen molar-refractivity contribution in [3.63, 3.8) is 0 Å². The molecule has 6 heteroatoms. The number of pyridine rings is 1. The molecule has 0 aromatic carbocycles. The fourth-order valence-corrected chi connectivity index (χ4v) is 1.01. The Labute approximate surface area is 82.5 Å². The first-order chi connectivity index (χ1) is 6.02. The third-order valence-electron chi connectivity index (χ3n) is 1.33. The van der Waals surface area contributed by atoms with E-state index in [9.17, 15) is 13.6 Å². The highest BCUT2D eigenvalue weighted by molar-refractivity contribution is 6.67. The average molecular weight is 226 g/mol. The molecule has 0 unspecified atom stereocenters. The Kier molecular flexibility index (Phi) is 3.17. The van der Waals surface area contributed by atoms with Gasteiger partial charge in [0.2, 0.25) is 0 Å². The molecule has 0 saturated carbocycles. The predicted molar refractivity (Wildman–Crippen MR) is 44.4 cm³/mol. The van der Waals surface area contributed by atoms with Crippen LogP contribution in [-0.4, -0.2) is 10.2 Å². The quantitative estimate of drug-likeness (QED) is 0.572. The Morgan fingerprint density at radius 3 is 2.62 bits per heavy atom. The van der Waals surface area contributed by atoms with Crippen molar-refractivity contribution in [2.45, 2.75) is 6.43 Å². The second kappa shape index (κ2) is 3.98. The van der Waals surface area contributed by atoms with Crippen molar-refractivity contribution in [1.29, 1.82) is 0 Å². The minimum atomic E-state index is -2.77. The zero-order chi connectivity index (χ0) is 10.0. The lowest BCUT2D eigenvalue weighted by atomic mass is 10.2. The van der Waals surface area contributed by atoms with E-state index >= 15 is 0 Å². The molecule has 70 valence electrons. The first-order valence-corrected chi connectivity index (χ1v) is 3.91. The van der Waals surface area contributed by atoms with E-state index in [1.807, 2.05) is 0 Å². The lowest BCUT2D eigenvalue weighted by molar-refractivity contribution is 0.108. The summed E-state index contributed by atoms with van der Waals surface area (Å²) in [6.07, 6.45) is -1.72. The summed E-state index contributed by atoms with van der Waals surface area (Å²) in [5.74, 6) is 0. The monoisotopic (exact) mass is 225 g/mol. The summed E-state index contributed by atoms with van der Waals surface area (Å²) in [5.41, 5.74) is -0.588. The zero-order valence-corrected chi connectivity index (χ0v) is 7.61. The number of carbonyl (C=O) groups is 1. The number of halogens is 4. The summed E-state index contributed by atoms with van der Waals surface area (Å²) < 4.78 is 24.4. The zero-order valence-electron chi connectivity index (χ0n) is 6.10. The molecule has 0 aliphatic heterocycles. The van der Waals surface area contributed by atoms with E-state index in [2.05, 4.69) is 4.98 Å². The lowest BCUT2D eigenvalue weighted by Crippen LogP contribution is -1.96. The Balaban J connectivity index is 3.19. The molecule has 0 aliphatic rings. The molecule has 1 aromatic rings. The van der Waals surface area contributed by atoms with E-state index in [1.54, 1.807) is 0 Å². The molecule has 0 atom stereocenters. The van der Waals surface area contributed by atoms with Gasteiger partial charge in [-0.25, -0.2) is 13.8 Å². The highest BCUT2D eigenvalue weighted by Gasteiger charge is 2.15. The third kappa shape index (κ3) is 2.35. The third-order valence-corrected chi connectivity index (χ3v) is 1.86. The minimum Gasteiger partial charge on any atom is -0.276 e. The van der Waals surface area contributed by atoms with Crippen LogP contribution < -0.4 is 0 Å². The Bertz CT molecular complexity index is 343. The molecule has 0 saturated heterocycles. The van der Waals surface area contributed by atoms with Gasteiger partial charge in [0.1, 0.15) is 5.15 Å². The molecule has 2 nitrogen and oxygen atoms in total. The van der Waals surface area contributed by atoms with Crippen LogP contribution >= 0.6 is 23.2 Å². The summed E-state index contributed by atoms with van der Waals surface area (Å²) in [4.78, 5) is 14.0. The summed E-state index contributed by atoms with van der Waals surface area (Å²) >= 11 is 10.4. The molecule has 0 bridgehead atoms. The molecular weight excluding hydrogens is 223 g/mol. The molecule has 0 radical (unpaired) electrons. The van der Waals surface area contributed by atoms with Crippen molar-refractivity contribution in [3.05, 3.63) is 28.5 Å². The number of nitrogens with zero attached hydrogens (tertiary/aromatic N) is 1. The van der Waals surface area contributed by atoms with Gasteiger partial charge in [-0.3, -0.25) is 4.79 Å². The summed E-state index contributed by atoms with van der Waals surface area (Å²) in [7, 11) is 0. The van der Waals surface area contributed by atoms with Crippen molar-refractivity contribution in [3.8, 4) is 0 Å². The van der Waals surface area contributed by atoms with Crippen LogP contribution in [0.25, 0.3) is 0 Å². The van der Waals surface area contributed by atoms with Crippen LogP contribution in [0, 0.1) is 0 Å². The molecule has 1 aromatic heterocycles. The van der Waals surface area contributed by atoms with Crippen LogP contribution in [0.15, 0.2) is 12.3 Å². The second-order valence-electron chi connectivity index (χ2n) is 2.18. The molecule has 0 fully saturated rings. The number of hydrogen-bond donors (Lipinski definition) is 0. The van der Waals surface area contributed by atoms with Crippen LogP contribution in [-0.2, 0) is 0 Å². The number of aromatic nitrogens is 1. The summed E-state index contributed by atoms with van der Waals surface area (Å²) in [6.45, 7) is 0. The molecule has 13 heavy (non-hydrogen) atoms. The topological polar surface area (TPSA) is 30.0 Å². The largest absolute Gasteiger partial charge is 0.276 e. The van der Waals surface area contributed by atoms with Crippen molar-refractivity contribution >= 4 is 28.4 Å². The van der Waals surface area contributed by atoms with E-state index < -0.39 is 17.2 Å². The maximum Gasteiger partial charge on any atom is 0.266 e. The average Bonchev–Trinajstić information content (AvgIpc) is 2.04. The van der Waals surface area contributed by atoms with Crippen LogP contribution in [0.5, 0.6) is 0 Å². The smallest absolute Gasteiger partial charge is 0.266 e. The maximum absolute atomic E-state index is 12.2. The van der Waals surface area contributed by atoms with Crippen molar-refractivity contribution < 1.29 is 13.6 Å². The van der Waals surface area contributed by atoms with E-state index in [0.717, 1.165) is 12.3 Å². The Morgan fingerprint density at radius 2 is 2.15 bits per heavy atom. The SMILES string of the molecule is O=C(Cl)c1cnc(Cl)c(C(F)F)c1. The normalized spacial score (nSPS) is 10.5. The van der Waals surface area contributed by atoms with Gasteiger partial charge in [0.15, 0.2) is 0 Å². The maximum atomic E-state index is 12.2. The lowest BCUT2D eigenvalue weighted by Gasteiger charge is -2.02. The van der Waals surface area contributed by atoms with E-state index in [1.165, 1.54) is 0 Å². The van der Waals surface area contributed by atoms with Gasteiger partial charge in [0.05, 0.1) is 11.1 Å². The molecule has 0 aliphatic carbocycles. The minimum absolute atomic E-state index is 0.0960. The van der Waals surface area contributed by atoms with Crippen molar-refractivity contribution in [2.24, 2.45) is 0 Å². The Morgan fingerprint density at radius 1 is 1.54 bits per heavy atom. The van der Waals surface area contributed by atoms with Crippen molar-refractivity contribution in [1.82, 2.24) is 4.98 Å². The molecule has 1 rings (SSSR count). The van der Waals surface area contributed by atoms with E-state index in [0.29, 0.717) is 0 Å². The first kappa shape index (κ1) is 10.3. The van der Waals surface area contributed by atoms with Gasteiger partial charge in [-0.2, -0.15) is 0 Å². The molecule has 0 amide bonds. The van der Waals surface area contributed by atoms with Crippen LogP contribution in [0.2, 0.25) is 5.15 Å². The second-order valence-corrected chi connectivity index (χ2v) is 2.88. The summed E-state index contributed by atoms with van der Waals surface area (Å²) in [6, 6.07) is 0.926. The standard InChI is InChI=1S/C7H3Cl2F2NO/c8-5-4(7(10)11)1-3(2-12-5)6(9)13/h1-2,7H. The van der Waals surface area contributed by atoms with E-state index in [4.69, 9.17) is 23.2 Å². The van der Waals surface area contributed by atoms with Crippen LogP contribution in [0.4, 0.5) is 8.78 Å². The summed E-state index contributed by atoms with van der Waals surface area (Å²) in [5, 5.41) is -1.16. The van der Waals surface area contributed by atoms with Gasteiger partial charge in [0.25, 0.3) is 11.7 Å². The predicted octanol–water partition coefficient (Wildman–Crippen LogP) is 3.05. The van der Waals surface area contributed by atoms with Crippen molar-refractivity contribution in [2.75, 3.05) is 0 Å². The van der Waals surface area contributed by atoms with Gasteiger partial charge in [-0.05, 0) is 17.7 Å². The van der Waals surface area contributed by atoms with Gasteiger partial charge < -0.3 is 0 Å². The number of rotatable bonds is 2. The van der Waals surface area contributed by atoms with Crippen LogP contribution in [0.1, 0.15) is 22.3 Å². The van der Waals surface area contributed by atoms with Gasteiger partial charge in [-0.1, -0.05) is 11.6 Å². The van der Waals surface area contributed by atoms with Gasteiger partial charge in [0, 0.05) is 6.20 Å². The molecule has 0 N–H and O–H groups in total. The highest BCUT2D eigenvalue weighted by atomic mass is 35.5.